The molecule has 0 saturated heterocycles. The Morgan fingerprint density at radius 2 is 1.76 bits per heavy atom. The van der Waals surface area contributed by atoms with Crippen LogP contribution in [0, 0.1) is 5.41 Å². The van der Waals surface area contributed by atoms with Crippen LogP contribution in [0.15, 0.2) is 0 Å². The van der Waals surface area contributed by atoms with Gasteiger partial charge in [0.25, 0.3) is 0 Å². The van der Waals surface area contributed by atoms with E-state index in [0.717, 1.165) is 13.1 Å². The molecule has 2 nitrogen and oxygen atoms in total. The van der Waals surface area contributed by atoms with E-state index >= 15 is 0 Å². The molecule has 0 aromatic carbocycles. The van der Waals surface area contributed by atoms with Gasteiger partial charge in [0.05, 0.1) is 0 Å². The van der Waals surface area contributed by atoms with Gasteiger partial charge in [0.1, 0.15) is 0 Å². The highest BCUT2D eigenvalue weighted by molar-refractivity contribution is 4.76. The fourth-order valence-corrected chi connectivity index (χ4v) is 2.34. The van der Waals surface area contributed by atoms with Gasteiger partial charge in [-0.2, -0.15) is 0 Å². The molecule has 104 valence electrons. The molecule has 0 aromatic rings. The molecule has 0 amide bonds. The molecule has 0 fully saturated rings. The first kappa shape index (κ1) is 16.9. The van der Waals surface area contributed by atoms with Crippen LogP contribution in [0.5, 0.6) is 0 Å². The highest BCUT2D eigenvalue weighted by Gasteiger charge is 2.19. The molecular formula is C15H34N2. The van der Waals surface area contributed by atoms with Gasteiger partial charge in [0.2, 0.25) is 0 Å². The lowest BCUT2D eigenvalue weighted by atomic mass is 9.92. The second-order valence-electron chi connectivity index (χ2n) is 6.53. The number of rotatable bonds is 10. The van der Waals surface area contributed by atoms with Gasteiger partial charge < -0.3 is 10.2 Å². The predicted molar refractivity (Wildman–Crippen MR) is 78.6 cm³/mol. The minimum absolute atomic E-state index is 0.362. The maximum absolute atomic E-state index is 3.68. The number of unbranched alkanes of at least 4 members (excludes halogenated alkanes) is 3. The van der Waals surface area contributed by atoms with Crippen molar-refractivity contribution in [2.45, 2.75) is 65.8 Å². The smallest absolute Gasteiger partial charge is 0.00389 e. The zero-order valence-corrected chi connectivity index (χ0v) is 13.0. The van der Waals surface area contributed by atoms with Gasteiger partial charge in [-0.3, -0.25) is 0 Å². The fraction of sp³-hybridized carbons (Fsp3) is 1.00. The summed E-state index contributed by atoms with van der Waals surface area (Å²) >= 11 is 0. The summed E-state index contributed by atoms with van der Waals surface area (Å²) in [5.41, 5.74) is 0.362. The van der Waals surface area contributed by atoms with E-state index in [1.807, 2.05) is 0 Å². The lowest BCUT2D eigenvalue weighted by molar-refractivity contribution is 0.225. The Balaban J connectivity index is 3.64. The SMILES string of the molecule is CCCCCCC(C)NCC(C)(C)CN(C)C. The van der Waals surface area contributed by atoms with E-state index in [1.165, 1.54) is 32.1 Å². The Hall–Kier alpha value is -0.0800. The van der Waals surface area contributed by atoms with Crippen molar-refractivity contribution in [3.63, 3.8) is 0 Å². The Kier molecular flexibility index (Phi) is 8.89. The first-order chi connectivity index (χ1) is 7.87. The maximum Gasteiger partial charge on any atom is 0.00389 e. The van der Waals surface area contributed by atoms with Crippen LogP contribution in [0.25, 0.3) is 0 Å². The Bertz CT molecular complexity index is 176. The Morgan fingerprint density at radius 1 is 1.12 bits per heavy atom. The summed E-state index contributed by atoms with van der Waals surface area (Å²) in [7, 11) is 4.30. The highest BCUT2D eigenvalue weighted by atomic mass is 15.1. The third-order valence-electron chi connectivity index (χ3n) is 3.16. The molecule has 17 heavy (non-hydrogen) atoms. The molecule has 1 unspecified atom stereocenters. The van der Waals surface area contributed by atoms with E-state index < -0.39 is 0 Å². The highest BCUT2D eigenvalue weighted by Crippen LogP contribution is 2.15. The van der Waals surface area contributed by atoms with Crippen molar-refractivity contribution in [1.29, 1.82) is 0 Å². The van der Waals surface area contributed by atoms with Crippen molar-refractivity contribution in [3.8, 4) is 0 Å². The maximum atomic E-state index is 3.68. The van der Waals surface area contributed by atoms with Gasteiger partial charge in [0.15, 0.2) is 0 Å². The minimum Gasteiger partial charge on any atom is -0.314 e. The molecule has 0 heterocycles. The molecule has 0 saturated carbocycles. The number of hydrogen-bond acceptors (Lipinski definition) is 2. The van der Waals surface area contributed by atoms with Crippen LogP contribution >= 0.6 is 0 Å². The minimum atomic E-state index is 0.362. The second kappa shape index (κ2) is 8.93. The quantitative estimate of drug-likeness (QED) is 0.590. The Morgan fingerprint density at radius 3 is 2.29 bits per heavy atom. The Labute approximate surface area is 109 Å². The van der Waals surface area contributed by atoms with Crippen LogP contribution in [0.4, 0.5) is 0 Å². The summed E-state index contributed by atoms with van der Waals surface area (Å²) in [5, 5.41) is 3.68. The first-order valence-electron chi connectivity index (χ1n) is 7.25. The lowest BCUT2D eigenvalue weighted by Gasteiger charge is -2.30. The lowest BCUT2D eigenvalue weighted by Crippen LogP contribution is -2.40. The number of nitrogens with one attached hydrogen (secondary N) is 1. The van der Waals surface area contributed by atoms with Crippen molar-refractivity contribution in [2.75, 3.05) is 27.2 Å². The van der Waals surface area contributed by atoms with Crippen LogP contribution in [-0.2, 0) is 0 Å². The summed E-state index contributed by atoms with van der Waals surface area (Å²) in [5.74, 6) is 0. The monoisotopic (exact) mass is 242 g/mol. The van der Waals surface area contributed by atoms with Gasteiger partial charge in [-0.1, -0.05) is 46.5 Å². The van der Waals surface area contributed by atoms with Crippen LogP contribution in [0.2, 0.25) is 0 Å². The van der Waals surface area contributed by atoms with E-state index in [9.17, 15) is 0 Å². The van der Waals surface area contributed by atoms with Crippen molar-refractivity contribution < 1.29 is 0 Å². The summed E-state index contributed by atoms with van der Waals surface area (Å²) in [6.07, 6.45) is 6.80. The van der Waals surface area contributed by atoms with E-state index in [2.05, 4.69) is 52.0 Å². The molecule has 0 rings (SSSR count). The van der Waals surface area contributed by atoms with Gasteiger partial charge in [0, 0.05) is 19.1 Å². The average Bonchev–Trinajstić information content (AvgIpc) is 2.20. The largest absolute Gasteiger partial charge is 0.314 e. The van der Waals surface area contributed by atoms with Gasteiger partial charge in [-0.15, -0.1) is 0 Å². The van der Waals surface area contributed by atoms with E-state index in [0.29, 0.717) is 11.5 Å². The van der Waals surface area contributed by atoms with Gasteiger partial charge in [-0.25, -0.2) is 0 Å². The average molecular weight is 242 g/mol. The summed E-state index contributed by atoms with van der Waals surface area (Å²) in [4.78, 5) is 2.27. The molecule has 0 aliphatic carbocycles. The van der Waals surface area contributed by atoms with Gasteiger partial charge >= 0.3 is 0 Å². The summed E-state index contributed by atoms with van der Waals surface area (Å²) < 4.78 is 0. The number of nitrogens with zero attached hydrogens (tertiary/aromatic N) is 1. The van der Waals surface area contributed by atoms with Crippen LogP contribution in [-0.4, -0.2) is 38.1 Å². The third kappa shape index (κ3) is 10.8. The van der Waals surface area contributed by atoms with E-state index in [1.54, 1.807) is 0 Å². The molecule has 0 radical (unpaired) electrons. The van der Waals surface area contributed by atoms with Crippen molar-refractivity contribution in [1.82, 2.24) is 10.2 Å². The summed E-state index contributed by atoms with van der Waals surface area (Å²) in [6, 6.07) is 0.660. The topological polar surface area (TPSA) is 15.3 Å². The van der Waals surface area contributed by atoms with Crippen LogP contribution in [0.1, 0.15) is 59.8 Å². The standard InChI is InChI=1S/C15H34N2/c1-7-8-9-10-11-14(2)16-12-15(3,4)13-17(5)6/h14,16H,7-13H2,1-6H3. The van der Waals surface area contributed by atoms with E-state index in [4.69, 9.17) is 0 Å². The van der Waals surface area contributed by atoms with Crippen molar-refractivity contribution in [3.05, 3.63) is 0 Å². The molecule has 0 aromatic heterocycles. The number of hydrogen-bond donors (Lipinski definition) is 1. The van der Waals surface area contributed by atoms with Crippen molar-refractivity contribution in [2.24, 2.45) is 5.41 Å². The normalized spacial score (nSPS) is 14.3. The first-order valence-corrected chi connectivity index (χ1v) is 7.25. The molecular weight excluding hydrogens is 208 g/mol. The molecule has 1 N–H and O–H groups in total. The van der Waals surface area contributed by atoms with E-state index in [-0.39, 0.29) is 0 Å². The molecule has 0 aliphatic rings. The predicted octanol–water partition coefficient (Wildman–Crippen LogP) is 3.52. The molecule has 0 aliphatic heterocycles. The second-order valence-corrected chi connectivity index (χ2v) is 6.53. The fourth-order valence-electron chi connectivity index (χ4n) is 2.34. The zero-order chi connectivity index (χ0) is 13.3. The van der Waals surface area contributed by atoms with Gasteiger partial charge in [-0.05, 0) is 32.9 Å². The summed E-state index contributed by atoms with van der Waals surface area (Å²) in [6.45, 7) is 11.5. The molecule has 1 atom stereocenters. The van der Waals surface area contributed by atoms with Crippen molar-refractivity contribution >= 4 is 0 Å². The molecule has 2 heteroatoms. The zero-order valence-electron chi connectivity index (χ0n) is 13.0. The van der Waals surface area contributed by atoms with Crippen LogP contribution < -0.4 is 5.32 Å². The van der Waals surface area contributed by atoms with Crippen LogP contribution in [0.3, 0.4) is 0 Å². The molecule has 0 spiro atoms. The molecule has 0 bridgehead atoms. The third-order valence-corrected chi connectivity index (χ3v) is 3.16.